The highest BCUT2D eigenvalue weighted by molar-refractivity contribution is 5.81. The number of hydrogen-bond donors (Lipinski definition) is 3. The van der Waals surface area contributed by atoms with Crippen molar-refractivity contribution in [2.24, 2.45) is 0 Å². The Bertz CT molecular complexity index is 626. The number of anilines is 1. The van der Waals surface area contributed by atoms with Gasteiger partial charge in [-0.15, -0.1) is 0 Å². The van der Waals surface area contributed by atoms with Gasteiger partial charge in [-0.25, -0.2) is 9.59 Å². The Labute approximate surface area is 96.7 Å². The largest absolute Gasteiger partial charge is 0.480 e. The molecule has 0 saturated heterocycles. The van der Waals surface area contributed by atoms with Crippen LogP contribution < -0.4 is 11.4 Å². The second-order valence-corrected chi connectivity index (χ2v) is 3.84. The quantitative estimate of drug-likeness (QED) is 0.689. The van der Waals surface area contributed by atoms with E-state index >= 15 is 0 Å². The number of rotatable bonds is 3. The van der Waals surface area contributed by atoms with Crippen LogP contribution in [0.5, 0.6) is 0 Å². The number of aromatic amines is 1. The van der Waals surface area contributed by atoms with Crippen LogP contribution in [-0.4, -0.2) is 20.6 Å². The number of H-pyrrole nitrogens is 1. The zero-order chi connectivity index (χ0) is 12.6. The van der Waals surface area contributed by atoms with Crippen LogP contribution in [0.25, 0.3) is 11.0 Å². The number of imidazole rings is 1. The lowest BCUT2D eigenvalue weighted by Crippen LogP contribution is -2.27. The van der Waals surface area contributed by atoms with Crippen molar-refractivity contribution in [2.45, 2.75) is 19.4 Å². The van der Waals surface area contributed by atoms with Gasteiger partial charge in [-0.3, -0.25) is 4.57 Å². The number of fused-ring (bicyclic) bond motifs is 1. The number of aromatic nitrogens is 2. The fourth-order valence-corrected chi connectivity index (χ4v) is 1.93. The van der Waals surface area contributed by atoms with Gasteiger partial charge < -0.3 is 15.8 Å². The Morgan fingerprint density at radius 1 is 1.59 bits per heavy atom. The molecule has 17 heavy (non-hydrogen) atoms. The molecule has 1 atom stereocenters. The minimum absolute atomic E-state index is 0.340. The summed E-state index contributed by atoms with van der Waals surface area (Å²) in [6, 6.07) is 4.04. The molecule has 1 aromatic carbocycles. The fraction of sp³-hybridized carbons (Fsp3) is 0.273. The molecular formula is C11H13N3O3. The maximum absolute atomic E-state index is 11.8. The Kier molecular flexibility index (Phi) is 2.63. The fourth-order valence-electron chi connectivity index (χ4n) is 1.93. The van der Waals surface area contributed by atoms with Crippen molar-refractivity contribution < 1.29 is 9.90 Å². The molecule has 0 aliphatic heterocycles. The summed E-state index contributed by atoms with van der Waals surface area (Å²) in [5.74, 6) is -1.02. The number of nitrogens with one attached hydrogen (secondary N) is 1. The second kappa shape index (κ2) is 3.97. The number of carbonyl (C=O) groups is 1. The number of benzene rings is 1. The van der Waals surface area contributed by atoms with Crippen molar-refractivity contribution in [2.75, 3.05) is 5.73 Å². The summed E-state index contributed by atoms with van der Waals surface area (Å²) in [4.78, 5) is 25.5. The van der Waals surface area contributed by atoms with Gasteiger partial charge in [-0.2, -0.15) is 0 Å². The van der Waals surface area contributed by atoms with E-state index in [4.69, 9.17) is 10.8 Å². The lowest BCUT2D eigenvalue weighted by molar-refractivity contribution is -0.140. The highest BCUT2D eigenvalue weighted by Crippen LogP contribution is 2.19. The third-order valence-electron chi connectivity index (χ3n) is 2.72. The predicted molar refractivity (Wildman–Crippen MR) is 63.9 cm³/mol. The van der Waals surface area contributed by atoms with E-state index < -0.39 is 17.7 Å². The predicted octanol–water partition coefficient (Wildman–Crippen LogP) is 0.947. The minimum atomic E-state index is -1.02. The van der Waals surface area contributed by atoms with E-state index in [1.165, 1.54) is 4.57 Å². The van der Waals surface area contributed by atoms with Crippen LogP contribution in [0.15, 0.2) is 23.0 Å². The van der Waals surface area contributed by atoms with Crippen molar-refractivity contribution in [3.8, 4) is 0 Å². The third kappa shape index (κ3) is 1.77. The number of carboxylic acid groups (broad SMARTS) is 1. The number of nitrogens with zero attached hydrogens (tertiary/aromatic N) is 1. The first-order valence-electron chi connectivity index (χ1n) is 5.27. The molecule has 0 aliphatic rings. The standard InChI is InChI=1S/C11H13N3O3/c1-2-8(10(15)16)14-9-4-3-6(12)5-7(9)13-11(14)17/h3-5,8H,2,12H2,1H3,(H,13,17)(H,15,16). The average Bonchev–Trinajstić information content (AvgIpc) is 2.55. The summed E-state index contributed by atoms with van der Waals surface area (Å²) in [5.41, 5.74) is 6.80. The van der Waals surface area contributed by atoms with Crippen LogP contribution in [0.2, 0.25) is 0 Å². The molecule has 2 aromatic rings. The molecule has 0 bridgehead atoms. The molecule has 6 nitrogen and oxygen atoms in total. The van der Waals surface area contributed by atoms with Crippen LogP contribution in [-0.2, 0) is 4.79 Å². The molecule has 0 saturated carbocycles. The van der Waals surface area contributed by atoms with Crippen molar-refractivity contribution >= 4 is 22.7 Å². The molecule has 6 heteroatoms. The molecular weight excluding hydrogens is 222 g/mol. The summed E-state index contributed by atoms with van der Waals surface area (Å²) in [6.45, 7) is 1.72. The van der Waals surface area contributed by atoms with Gasteiger partial charge in [-0.05, 0) is 24.6 Å². The van der Waals surface area contributed by atoms with Crippen LogP contribution >= 0.6 is 0 Å². The number of carboxylic acids is 1. The van der Waals surface area contributed by atoms with Crippen LogP contribution in [0, 0.1) is 0 Å². The molecule has 4 N–H and O–H groups in total. The average molecular weight is 235 g/mol. The Morgan fingerprint density at radius 2 is 2.29 bits per heavy atom. The first-order valence-corrected chi connectivity index (χ1v) is 5.27. The van der Waals surface area contributed by atoms with Crippen molar-refractivity contribution in [1.82, 2.24) is 9.55 Å². The lowest BCUT2D eigenvalue weighted by Gasteiger charge is -2.11. The summed E-state index contributed by atoms with van der Waals surface area (Å²) in [6.07, 6.45) is 0.340. The van der Waals surface area contributed by atoms with Gasteiger partial charge in [0.25, 0.3) is 0 Å². The zero-order valence-corrected chi connectivity index (χ0v) is 9.30. The van der Waals surface area contributed by atoms with Crippen LogP contribution in [0.4, 0.5) is 5.69 Å². The monoisotopic (exact) mass is 235 g/mol. The van der Waals surface area contributed by atoms with Crippen LogP contribution in [0.3, 0.4) is 0 Å². The Hall–Kier alpha value is -2.24. The van der Waals surface area contributed by atoms with Gasteiger partial charge in [-0.1, -0.05) is 6.92 Å². The zero-order valence-electron chi connectivity index (χ0n) is 9.30. The first-order chi connectivity index (χ1) is 8.04. The molecule has 1 unspecified atom stereocenters. The third-order valence-corrected chi connectivity index (χ3v) is 2.72. The first kappa shape index (κ1) is 11.3. The molecule has 0 amide bonds. The topological polar surface area (TPSA) is 101 Å². The van der Waals surface area contributed by atoms with Gasteiger partial charge in [0.1, 0.15) is 6.04 Å². The molecule has 2 rings (SSSR count). The summed E-state index contributed by atoms with van der Waals surface area (Å²) in [5, 5.41) is 9.09. The van der Waals surface area contributed by atoms with Crippen molar-refractivity contribution in [1.29, 1.82) is 0 Å². The molecule has 90 valence electrons. The van der Waals surface area contributed by atoms with Crippen LogP contribution in [0.1, 0.15) is 19.4 Å². The van der Waals surface area contributed by atoms with E-state index in [0.29, 0.717) is 23.1 Å². The second-order valence-electron chi connectivity index (χ2n) is 3.84. The lowest BCUT2D eigenvalue weighted by atomic mass is 10.2. The highest BCUT2D eigenvalue weighted by atomic mass is 16.4. The van der Waals surface area contributed by atoms with Gasteiger partial charge in [0.2, 0.25) is 0 Å². The molecule has 1 aromatic heterocycles. The van der Waals surface area contributed by atoms with Crippen molar-refractivity contribution in [3.05, 3.63) is 28.7 Å². The normalized spacial score (nSPS) is 12.8. The summed E-state index contributed by atoms with van der Waals surface area (Å²) >= 11 is 0. The number of hydrogen-bond acceptors (Lipinski definition) is 3. The van der Waals surface area contributed by atoms with E-state index in [0.717, 1.165) is 0 Å². The minimum Gasteiger partial charge on any atom is -0.480 e. The van der Waals surface area contributed by atoms with Gasteiger partial charge >= 0.3 is 11.7 Å². The number of nitrogens with two attached hydrogens (primary N) is 1. The van der Waals surface area contributed by atoms with E-state index in [1.807, 2.05) is 0 Å². The molecule has 0 aliphatic carbocycles. The smallest absolute Gasteiger partial charge is 0.327 e. The molecule has 1 heterocycles. The van der Waals surface area contributed by atoms with E-state index in [9.17, 15) is 9.59 Å². The molecule has 0 radical (unpaired) electrons. The maximum atomic E-state index is 11.8. The summed E-state index contributed by atoms with van der Waals surface area (Å²) < 4.78 is 1.25. The Morgan fingerprint density at radius 3 is 2.88 bits per heavy atom. The van der Waals surface area contributed by atoms with E-state index in [1.54, 1.807) is 25.1 Å². The number of nitrogen functional groups attached to an aromatic ring is 1. The Balaban J connectivity index is 2.72. The van der Waals surface area contributed by atoms with E-state index in [2.05, 4.69) is 4.98 Å². The van der Waals surface area contributed by atoms with Gasteiger partial charge in [0.05, 0.1) is 11.0 Å². The van der Waals surface area contributed by atoms with Gasteiger partial charge in [0.15, 0.2) is 0 Å². The number of aliphatic carboxylic acids is 1. The summed E-state index contributed by atoms with van der Waals surface area (Å²) in [7, 11) is 0. The SMILES string of the molecule is CCC(C(=O)O)n1c(=O)[nH]c2cc(N)ccc21. The van der Waals surface area contributed by atoms with E-state index in [-0.39, 0.29) is 0 Å². The van der Waals surface area contributed by atoms with Gasteiger partial charge in [0, 0.05) is 5.69 Å². The molecule has 0 fully saturated rings. The molecule has 0 spiro atoms. The van der Waals surface area contributed by atoms with Crippen molar-refractivity contribution in [3.63, 3.8) is 0 Å². The highest BCUT2D eigenvalue weighted by Gasteiger charge is 2.21. The maximum Gasteiger partial charge on any atom is 0.327 e.